The van der Waals surface area contributed by atoms with Gasteiger partial charge in [-0.1, -0.05) is 56.6 Å². The second kappa shape index (κ2) is 5.67. The highest BCUT2D eigenvalue weighted by atomic mass is 127. The molecule has 0 aliphatic carbocycles. The quantitative estimate of drug-likeness (QED) is 0.243. The van der Waals surface area contributed by atoms with Crippen molar-refractivity contribution in [1.29, 1.82) is 0 Å². The molecule has 1 aliphatic heterocycles. The average Bonchev–Trinajstić information content (AvgIpc) is 3.25. The number of hydrogen-bond acceptors (Lipinski definition) is 2. The standard InChI is InChI=1S/C24H15IO2/c1-14-5-7-21-18(11-14)19-12-15(6-8-22(19)26-21)16-3-2-4-17-20-13-25-10-9-23(20)27-24(16)17/h2-13H,1H3. The first-order chi connectivity index (χ1) is 13.3. The van der Waals surface area contributed by atoms with Crippen LogP contribution in [0.1, 0.15) is 16.9 Å². The summed E-state index contributed by atoms with van der Waals surface area (Å²) in [7, 11) is 0. The number of aryl methyl sites for hydroxylation is 1. The summed E-state index contributed by atoms with van der Waals surface area (Å²) < 4.78 is 16.9. The molecule has 0 saturated carbocycles. The summed E-state index contributed by atoms with van der Waals surface area (Å²) in [6.45, 7) is 2.11. The molecule has 0 N–H and O–H groups in total. The number of hydrogen-bond donors (Lipinski definition) is 0. The molecule has 130 valence electrons. The molecule has 0 saturated heterocycles. The van der Waals surface area contributed by atoms with Gasteiger partial charge in [0.25, 0.3) is 0 Å². The smallest absolute Gasteiger partial charge is 0.143 e. The number of benzene rings is 3. The monoisotopic (exact) mass is 462 g/mol. The summed E-state index contributed by atoms with van der Waals surface area (Å²) in [6, 6.07) is 19.2. The maximum atomic E-state index is 6.25. The van der Waals surface area contributed by atoms with Crippen molar-refractivity contribution in [1.82, 2.24) is 0 Å². The Balaban J connectivity index is 1.65. The predicted molar refractivity (Wildman–Crippen MR) is 122 cm³/mol. The molecule has 0 unspecified atom stereocenters. The molecule has 0 spiro atoms. The SMILES string of the molecule is Cc1ccc2oc3ccc(-c4cccc5c6c(oc45)C=CI=C6)cc3c2c1. The minimum atomic E-state index is -0.00710. The Morgan fingerprint density at radius 1 is 0.815 bits per heavy atom. The molecule has 0 bridgehead atoms. The summed E-state index contributed by atoms with van der Waals surface area (Å²) in [5.74, 6) is 0.980. The Labute approximate surface area is 165 Å². The van der Waals surface area contributed by atoms with Crippen LogP contribution in [0, 0.1) is 6.92 Å². The lowest BCUT2D eigenvalue weighted by molar-refractivity contribution is 0.605. The molecule has 1 aliphatic rings. The van der Waals surface area contributed by atoms with Gasteiger partial charge in [0.05, 0.1) is 0 Å². The van der Waals surface area contributed by atoms with Gasteiger partial charge in [-0.3, -0.25) is 0 Å². The van der Waals surface area contributed by atoms with Crippen LogP contribution in [0.25, 0.3) is 50.1 Å². The van der Waals surface area contributed by atoms with Crippen molar-refractivity contribution in [3.63, 3.8) is 0 Å². The minimum absolute atomic E-state index is 0.00710. The number of halogens is 1. The van der Waals surface area contributed by atoms with E-state index in [2.05, 4.69) is 75.7 Å². The maximum absolute atomic E-state index is 6.25. The summed E-state index contributed by atoms with van der Waals surface area (Å²) in [4.78, 5) is 0. The van der Waals surface area contributed by atoms with E-state index in [0.717, 1.165) is 39.0 Å². The molecule has 3 heterocycles. The van der Waals surface area contributed by atoms with Gasteiger partial charge in [-0.15, -0.1) is 0 Å². The first-order valence-corrected chi connectivity index (χ1v) is 11.4. The fraction of sp³-hybridized carbons (Fsp3) is 0.0417. The van der Waals surface area contributed by atoms with Gasteiger partial charge >= 0.3 is 0 Å². The number of fused-ring (bicyclic) bond motifs is 6. The second-order valence-electron chi connectivity index (χ2n) is 6.90. The van der Waals surface area contributed by atoms with Crippen LogP contribution in [-0.2, 0) is 0 Å². The largest absolute Gasteiger partial charge is 0.456 e. The van der Waals surface area contributed by atoms with Crippen LogP contribution in [0.4, 0.5) is 0 Å². The molecule has 6 rings (SSSR count). The highest BCUT2D eigenvalue weighted by Gasteiger charge is 2.16. The van der Waals surface area contributed by atoms with Crippen molar-refractivity contribution in [3.8, 4) is 11.1 Å². The molecule has 2 aromatic heterocycles. The highest BCUT2D eigenvalue weighted by molar-refractivity contribution is 14.2. The van der Waals surface area contributed by atoms with Crippen molar-refractivity contribution in [2.75, 3.05) is 0 Å². The highest BCUT2D eigenvalue weighted by Crippen LogP contribution is 2.38. The summed E-state index contributed by atoms with van der Waals surface area (Å²) in [5, 5.41) is 3.52. The van der Waals surface area contributed by atoms with E-state index < -0.39 is 0 Å². The molecule has 2 nitrogen and oxygen atoms in total. The van der Waals surface area contributed by atoms with Crippen molar-refractivity contribution in [2.24, 2.45) is 0 Å². The topological polar surface area (TPSA) is 26.3 Å². The van der Waals surface area contributed by atoms with Crippen molar-refractivity contribution in [3.05, 3.63) is 75.6 Å². The lowest BCUT2D eigenvalue weighted by atomic mass is 10.00. The van der Waals surface area contributed by atoms with Gasteiger partial charge < -0.3 is 8.83 Å². The zero-order valence-electron chi connectivity index (χ0n) is 14.6. The molecule has 0 atom stereocenters. The lowest BCUT2D eigenvalue weighted by Gasteiger charge is -2.03. The maximum Gasteiger partial charge on any atom is 0.143 e. The molecule has 27 heavy (non-hydrogen) atoms. The summed E-state index contributed by atoms with van der Waals surface area (Å²) >= 11 is -0.00710. The summed E-state index contributed by atoms with van der Waals surface area (Å²) in [6.07, 6.45) is 2.13. The van der Waals surface area contributed by atoms with E-state index in [-0.39, 0.29) is 20.7 Å². The molecular formula is C24H15IO2. The average molecular weight is 462 g/mol. The zero-order valence-corrected chi connectivity index (χ0v) is 16.8. The Hall–Kier alpha value is -2.66. The van der Waals surface area contributed by atoms with Gasteiger partial charge in [-0.05, 0) is 50.9 Å². The van der Waals surface area contributed by atoms with Crippen LogP contribution in [0.2, 0.25) is 0 Å². The summed E-state index contributed by atoms with van der Waals surface area (Å²) in [5.41, 5.74) is 7.61. The Bertz CT molecular complexity index is 1430. The van der Waals surface area contributed by atoms with Crippen molar-refractivity contribution in [2.45, 2.75) is 6.92 Å². The third kappa shape index (κ3) is 2.28. The first-order valence-electron chi connectivity index (χ1n) is 8.88. The molecular weight excluding hydrogens is 447 g/mol. The Morgan fingerprint density at radius 2 is 1.67 bits per heavy atom. The van der Waals surface area contributed by atoms with Crippen LogP contribution in [0.5, 0.6) is 0 Å². The zero-order chi connectivity index (χ0) is 18.0. The normalized spacial score (nSPS) is 13.4. The van der Waals surface area contributed by atoms with Crippen molar-refractivity contribution < 1.29 is 8.83 Å². The van der Waals surface area contributed by atoms with Gasteiger partial charge in [0.15, 0.2) is 0 Å². The Kier molecular flexibility index (Phi) is 3.23. The van der Waals surface area contributed by atoms with E-state index >= 15 is 0 Å². The first kappa shape index (κ1) is 15.4. The van der Waals surface area contributed by atoms with Crippen molar-refractivity contribution >= 4 is 63.7 Å². The van der Waals surface area contributed by atoms with E-state index in [4.69, 9.17) is 8.83 Å². The Morgan fingerprint density at radius 3 is 2.59 bits per heavy atom. The molecule has 5 aromatic rings. The van der Waals surface area contributed by atoms with E-state index in [9.17, 15) is 0 Å². The molecule has 0 amide bonds. The fourth-order valence-electron chi connectivity index (χ4n) is 3.87. The van der Waals surface area contributed by atoms with Gasteiger partial charge in [0.1, 0.15) is 22.5 Å². The number of para-hydroxylation sites is 1. The third-order valence-corrected chi connectivity index (χ3v) is 6.93. The second-order valence-corrected chi connectivity index (χ2v) is 8.96. The van der Waals surface area contributed by atoms with Gasteiger partial charge in [0, 0.05) is 27.3 Å². The van der Waals surface area contributed by atoms with E-state index in [1.807, 2.05) is 0 Å². The predicted octanol–water partition coefficient (Wildman–Crippen LogP) is 7.41. The molecule has 0 radical (unpaired) electrons. The lowest BCUT2D eigenvalue weighted by Crippen LogP contribution is -1.82. The molecule has 3 heteroatoms. The number of furan rings is 2. The van der Waals surface area contributed by atoms with E-state index in [1.54, 1.807) is 0 Å². The van der Waals surface area contributed by atoms with E-state index in [0.29, 0.717) is 0 Å². The van der Waals surface area contributed by atoms with Crippen LogP contribution in [0.3, 0.4) is 0 Å². The van der Waals surface area contributed by atoms with Gasteiger partial charge in [-0.25, -0.2) is 0 Å². The van der Waals surface area contributed by atoms with Gasteiger partial charge in [-0.2, -0.15) is 0 Å². The van der Waals surface area contributed by atoms with Crippen LogP contribution in [-0.4, -0.2) is 4.01 Å². The fourth-order valence-corrected chi connectivity index (χ4v) is 5.62. The molecule has 0 fully saturated rings. The number of rotatable bonds is 1. The van der Waals surface area contributed by atoms with E-state index in [1.165, 1.54) is 21.9 Å². The van der Waals surface area contributed by atoms with Gasteiger partial charge in [0.2, 0.25) is 0 Å². The van der Waals surface area contributed by atoms with Crippen LogP contribution < -0.4 is 0 Å². The van der Waals surface area contributed by atoms with Crippen LogP contribution >= 0.6 is 20.7 Å². The minimum Gasteiger partial charge on any atom is -0.456 e. The third-order valence-electron chi connectivity index (χ3n) is 5.18. The van der Waals surface area contributed by atoms with Crippen LogP contribution in [0.15, 0.2) is 67.5 Å². The molecule has 3 aromatic carbocycles.